The number of hydrogen-bond donors (Lipinski definition) is 1. The summed E-state index contributed by atoms with van der Waals surface area (Å²) in [5.41, 5.74) is 6.39. The van der Waals surface area contributed by atoms with Gasteiger partial charge in [0.2, 0.25) is 0 Å². The molecule has 1 heterocycles. The highest BCUT2D eigenvalue weighted by atomic mass is 35.5. The van der Waals surface area contributed by atoms with Crippen molar-refractivity contribution in [2.45, 2.75) is 24.0 Å². The van der Waals surface area contributed by atoms with Gasteiger partial charge in [-0.1, -0.05) is 30.6 Å². The Morgan fingerprint density at radius 1 is 1.35 bits per heavy atom. The minimum Gasteiger partial charge on any atom is -0.381 e. The second-order valence-corrected chi connectivity index (χ2v) is 5.95. The Bertz CT molecular complexity index is 525. The van der Waals surface area contributed by atoms with E-state index < -0.39 is 0 Å². The number of rotatable bonds is 3. The van der Waals surface area contributed by atoms with Crippen molar-refractivity contribution < 1.29 is 4.52 Å². The van der Waals surface area contributed by atoms with Crippen LogP contribution in [0.25, 0.3) is 11.3 Å². The highest BCUT2D eigenvalue weighted by Gasteiger charge is 2.09. The molecule has 0 atom stereocenters. The molecule has 17 heavy (non-hydrogen) atoms. The highest BCUT2D eigenvalue weighted by Crippen LogP contribution is 2.33. The molecule has 0 aliphatic heterocycles. The van der Waals surface area contributed by atoms with E-state index >= 15 is 0 Å². The van der Waals surface area contributed by atoms with Crippen LogP contribution < -0.4 is 5.73 Å². The van der Waals surface area contributed by atoms with Gasteiger partial charge in [0.25, 0.3) is 0 Å². The third-order valence-electron chi connectivity index (χ3n) is 2.11. The van der Waals surface area contributed by atoms with Gasteiger partial charge in [0.05, 0.1) is 5.02 Å². The minimum absolute atomic E-state index is 0.372. The van der Waals surface area contributed by atoms with Crippen LogP contribution in [0.4, 0.5) is 5.82 Å². The van der Waals surface area contributed by atoms with E-state index in [0.29, 0.717) is 16.8 Å². The summed E-state index contributed by atoms with van der Waals surface area (Å²) in [6, 6.07) is 7.49. The topological polar surface area (TPSA) is 52.0 Å². The Balaban J connectivity index is 2.30. The van der Waals surface area contributed by atoms with Crippen LogP contribution in [0.15, 0.2) is 33.7 Å². The van der Waals surface area contributed by atoms with Crippen LogP contribution in [-0.4, -0.2) is 10.4 Å². The Labute approximate surface area is 109 Å². The normalized spacial score (nSPS) is 11.1. The number of nitrogen functional groups attached to an aromatic ring is 1. The number of anilines is 1. The first-order valence-electron chi connectivity index (χ1n) is 5.25. The molecule has 0 saturated heterocycles. The van der Waals surface area contributed by atoms with E-state index in [9.17, 15) is 0 Å². The van der Waals surface area contributed by atoms with Crippen molar-refractivity contribution in [3.8, 4) is 11.3 Å². The van der Waals surface area contributed by atoms with Gasteiger partial charge >= 0.3 is 0 Å². The lowest BCUT2D eigenvalue weighted by Gasteiger charge is -2.07. The molecule has 2 aromatic rings. The monoisotopic (exact) mass is 268 g/mol. The first-order chi connectivity index (χ1) is 8.06. The average molecular weight is 269 g/mol. The molecule has 0 bridgehead atoms. The third kappa shape index (κ3) is 2.96. The largest absolute Gasteiger partial charge is 0.381 e. The Morgan fingerprint density at radius 3 is 2.65 bits per heavy atom. The summed E-state index contributed by atoms with van der Waals surface area (Å²) >= 11 is 7.95. The third-order valence-corrected chi connectivity index (χ3v) is 3.61. The lowest BCUT2D eigenvalue weighted by molar-refractivity contribution is 0.436. The fraction of sp³-hybridized carbons (Fsp3) is 0.250. The second kappa shape index (κ2) is 5.02. The number of nitrogens with two attached hydrogens (primary N) is 1. The van der Waals surface area contributed by atoms with E-state index in [-0.39, 0.29) is 0 Å². The molecule has 2 rings (SSSR count). The molecule has 0 fully saturated rings. The Kier molecular flexibility index (Phi) is 3.64. The fourth-order valence-corrected chi connectivity index (χ4v) is 2.57. The van der Waals surface area contributed by atoms with E-state index in [0.717, 1.165) is 15.5 Å². The lowest BCUT2D eigenvalue weighted by atomic mass is 10.2. The molecule has 0 spiro atoms. The molecule has 90 valence electrons. The van der Waals surface area contributed by atoms with Crippen LogP contribution in [0.5, 0.6) is 0 Å². The van der Waals surface area contributed by atoms with Crippen molar-refractivity contribution in [2.24, 2.45) is 0 Å². The van der Waals surface area contributed by atoms with Crippen molar-refractivity contribution >= 4 is 29.2 Å². The molecule has 1 aromatic heterocycles. The van der Waals surface area contributed by atoms with Crippen LogP contribution in [0.2, 0.25) is 5.02 Å². The van der Waals surface area contributed by atoms with Gasteiger partial charge in [-0.25, -0.2) is 0 Å². The quantitative estimate of drug-likeness (QED) is 0.853. The van der Waals surface area contributed by atoms with Gasteiger partial charge in [0.15, 0.2) is 11.6 Å². The predicted octanol–water partition coefficient (Wildman–Crippen LogP) is 4.08. The molecule has 2 N–H and O–H groups in total. The van der Waals surface area contributed by atoms with Crippen LogP contribution >= 0.6 is 23.4 Å². The van der Waals surface area contributed by atoms with E-state index in [1.54, 1.807) is 17.8 Å². The minimum atomic E-state index is 0.372. The Hall–Kier alpha value is -1.13. The van der Waals surface area contributed by atoms with E-state index in [4.69, 9.17) is 21.9 Å². The SMILES string of the molecule is CC(C)Sc1ccc(-c2cc(N)no2)cc1Cl. The van der Waals surface area contributed by atoms with Gasteiger partial charge in [0.1, 0.15) is 0 Å². The Morgan fingerprint density at radius 2 is 2.12 bits per heavy atom. The predicted molar refractivity (Wildman–Crippen MR) is 72.4 cm³/mol. The first-order valence-corrected chi connectivity index (χ1v) is 6.51. The summed E-state index contributed by atoms with van der Waals surface area (Å²) in [5.74, 6) is 1.00. The zero-order valence-corrected chi connectivity index (χ0v) is 11.2. The molecule has 0 saturated carbocycles. The van der Waals surface area contributed by atoms with E-state index in [2.05, 4.69) is 19.0 Å². The van der Waals surface area contributed by atoms with Crippen LogP contribution in [0, 0.1) is 0 Å². The molecule has 1 aromatic carbocycles. The molecule has 5 heteroatoms. The smallest absolute Gasteiger partial charge is 0.169 e. The van der Waals surface area contributed by atoms with E-state index in [1.165, 1.54) is 0 Å². The summed E-state index contributed by atoms with van der Waals surface area (Å²) in [7, 11) is 0. The maximum atomic E-state index is 6.22. The standard InChI is InChI=1S/C12H13ClN2OS/c1-7(2)17-11-4-3-8(5-9(11)13)10-6-12(14)15-16-10/h3-7H,1-2H3,(H2,14,15). The van der Waals surface area contributed by atoms with Gasteiger partial charge in [-0.15, -0.1) is 11.8 Å². The number of halogens is 1. The molecule has 0 aliphatic rings. The van der Waals surface area contributed by atoms with Gasteiger partial charge in [-0.05, 0) is 18.2 Å². The van der Waals surface area contributed by atoms with Crippen molar-refractivity contribution in [1.29, 1.82) is 0 Å². The number of benzene rings is 1. The number of hydrogen-bond acceptors (Lipinski definition) is 4. The van der Waals surface area contributed by atoms with Gasteiger partial charge in [0, 0.05) is 21.8 Å². The fourth-order valence-electron chi connectivity index (χ4n) is 1.43. The summed E-state index contributed by atoms with van der Waals surface area (Å²) in [5, 5.41) is 4.87. The summed E-state index contributed by atoms with van der Waals surface area (Å²) in [6.45, 7) is 4.26. The maximum Gasteiger partial charge on any atom is 0.169 e. The number of thioether (sulfide) groups is 1. The first kappa shape index (κ1) is 12.3. The summed E-state index contributed by atoms with van der Waals surface area (Å²) in [6.07, 6.45) is 0. The molecule has 0 unspecified atom stereocenters. The molecule has 0 amide bonds. The molecular weight excluding hydrogens is 256 g/mol. The van der Waals surface area contributed by atoms with Crippen LogP contribution in [0.3, 0.4) is 0 Å². The molecule has 0 aliphatic carbocycles. The lowest BCUT2D eigenvalue weighted by Crippen LogP contribution is -1.87. The van der Waals surface area contributed by atoms with Gasteiger partial charge < -0.3 is 10.3 Å². The highest BCUT2D eigenvalue weighted by molar-refractivity contribution is 8.00. The second-order valence-electron chi connectivity index (χ2n) is 3.93. The zero-order valence-electron chi connectivity index (χ0n) is 9.61. The molecular formula is C12H13ClN2OS. The van der Waals surface area contributed by atoms with Crippen molar-refractivity contribution in [3.05, 3.63) is 29.3 Å². The number of nitrogens with zero attached hydrogens (tertiary/aromatic N) is 1. The molecule has 3 nitrogen and oxygen atoms in total. The van der Waals surface area contributed by atoms with Crippen LogP contribution in [0.1, 0.15) is 13.8 Å². The maximum absolute atomic E-state index is 6.22. The summed E-state index contributed by atoms with van der Waals surface area (Å²) < 4.78 is 5.09. The van der Waals surface area contributed by atoms with Gasteiger partial charge in [-0.3, -0.25) is 0 Å². The van der Waals surface area contributed by atoms with Crippen molar-refractivity contribution in [2.75, 3.05) is 5.73 Å². The number of aromatic nitrogens is 1. The molecule has 0 radical (unpaired) electrons. The van der Waals surface area contributed by atoms with Gasteiger partial charge in [-0.2, -0.15) is 0 Å². The van der Waals surface area contributed by atoms with Crippen LogP contribution in [-0.2, 0) is 0 Å². The summed E-state index contributed by atoms with van der Waals surface area (Å²) in [4.78, 5) is 1.07. The van der Waals surface area contributed by atoms with Crippen molar-refractivity contribution in [1.82, 2.24) is 5.16 Å². The van der Waals surface area contributed by atoms with Crippen molar-refractivity contribution in [3.63, 3.8) is 0 Å². The zero-order chi connectivity index (χ0) is 12.4. The van der Waals surface area contributed by atoms with E-state index in [1.807, 2.05) is 18.2 Å². The average Bonchev–Trinajstić information content (AvgIpc) is 2.67.